The van der Waals surface area contributed by atoms with Gasteiger partial charge in [0, 0.05) is 5.92 Å². The zero-order chi connectivity index (χ0) is 17.3. The maximum atomic E-state index is 12.4. The highest BCUT2D eigenvalue weighted by Gasteiger charge is 2.56. The summed E-state index contributed by atoms with van der Waals surface area (Å²) in [6, 6.07) is 0. The van der Waals surface area contributed by atoms with Crippen LogP contribution in [0.3, 0.4) is 0 Å². The van der Waals surface area contributed by atoms with Gasteiger partial charge in [0.15, 0.2) is 6.29 Å². The van der Waals surface area contributed by atoms with Crippen LogP contribution in [0.15, 0.2) is 11.1 Å². The normalized spacial score (nSPS) is 47.4. The molecule has 1 saturated carbocycles. The molecule has 0 bridgehead atoms. The molecule has 0 aromatic carbocycles. The van der Waals surface area contributed by atoms with Crippen molar-refractivity contribution in [1.29, 1.82) is 0 Å². The van der Waals surface area contributed by atoms with E-state index in [2.05, 4.69) is 20.8 Å². The number of rotatable bonds is 1. The largest absolute Gasteiger partial charge is 0.435 e. The summed E-state index contributed by atoms with van der Waals surface area (Å²) in [4.78, 5) is 12.4. The number of hydrogen-bond acceptors (Lipinski definition) is 4. The Kier molecular flexibility index (Phi) is 3.67. The summed E-state index contributed by atoms with van der Waals surface area (Å²) < 4.78 is 11.1. The molecule has 4 rings (SSSR count). The summed E-state index contributed by atoms with van der Waals surface area (Å²) >= 11 is 0. The lowest BCUT2D eigenvalue weighted by Crippen LogP contribution is -2.44. The molecule has 0 aromatic heterocycles. The molecule has 1 N–H and O–H groups in total. The number of carbonyl (C=O) groups excluding carboxylic acids is 1. The van der Waals surface area contributed by atoms with Gasteiger partial charge in [0.1, 0.15) is 0 Å². The first-order valence-corrected chi connectivity index (χ1v) is 9.49. The standard InChI is InChI=1S/C20H30O4/c1-11-14-13(20(4)9-5-8-19(2,3)10-20)7-6-12-15(14)18(23-16(11)21)24-17(12)22/h11-12,15,17-18,22H,5-10H2,1-4H3. The van der Waals surface area contributed by atoms with Crippen molar-refractivity contribution in [2.45, 2.75) is 78.8 Å². The fourth-order valence-electron chi connectivity index (χ4n) is 6.15. The van der Waals surface area contributed by atoms with E-state index in [1.165, 1.54) is 36.8 Å². The highest BCUT2D eigenvalue weighted by molar-refractivity contribution is 5.77. The number of aliphatic hydroxyl groups is 1. The second-order valence-electron chi connectivity index (χ2n) is 9.47. The smallest absolute Gasteiger partial charge is 0.315 e. The van der Waals surface area contributed by atoms with Crippen molar-refractivity contribution in [2.75, 3.05) is 0 Å². The molecule has 134 valence electrons. The third-order valence-corrected chi connectivity index (χ3v) is 7.06. The van der Waals surface area contributed by atoms with Gasteiger partial charge in [-0.05, 0) is 55.4 Å². The SMILES string of the molecule is CC1C(=O)OC2OC(O)C3CCC(C4(C)CCCC(C)(C)C4)=C1C23. The third-order valence-electron chi connectivity index (χ3n) is 7.06. The first-order valence-electron chi connectivity index (χ1n) is 9.49. The van der Waals surface area contributed by atoms with E-state index in [0.29, 0.717) is 5.41 Å². The van der Waals surface area contributed by atoms with Crippen LogP contribution in [-0.4, -0.2) is 23.7 Å². The van der Waals surface area contributed by atoms with Crippen molar-refractivity contribution in [3.63, 3.8) is 0 Å². The van der Waals surface area contributed by atoms with Crippen LogP contribution >= 0.6 is 0 Å². The van der Waals surface area contributed by atoms with E-state index < -0.39 is 12.6 Å². The van der Waals surface area contributed by atoms with Gasteiger partial charge in [-0.3, -0.25) is 4.79 Å². The predicted molar refractivity (Wildman–Crippen MR) is 89.7 cm³/mol. The second kappa shape index (κ2) is 5.31. The van der Waals surface area contributed by atoms with Crippen molar-refractivity contribution in [3.8, 4) is 0 Å². The van der Waals surface area contributed by atoms with E-state index in [0.717, 1.165) is 12.8 Å². The minimum absolute atomic E-state index is 0.0540. The first kappa shape index (κ1) is 16.6. The van der Waals surface area contributed by atoms with E-state index >= 15 is 0 Å². The Labute approximate surface area is 144 Å². The lowest BCUT2D eigenvalue weighted by molar-refractivity contribution is -0.209. The fourth-order valence-corrected chi connectivity index (χ4v) is 6.15. The van der Waals surface area contributed by atoms with Crippen molar-refractivity contribution >= 4 is 5.97 Å². The lowest BCUT2D eigenvalue weighted by atomic mass is 9.56. The monoisotopic (exact) mass is 334 g/mol. The quantitative estimate of drug-likeness (QED) is 0.585. The molecule has 2 saturated heterocycles. The molecule has 0 aromatic rings. The van der Waals surface area contributed by atoms with Crippen LogP contribution in [-0.2, 0) is 14.3 Å². The molecule has 0 radical (unpaired) electrons. The Morgan fingerprint density at radius 1 is 1.21 bits per heavy atom. The minimum atomic E-state index is -0.801. The summed E-state index contributed by atoms with van der Waals surface area (Å²) in [6.07, 6.45) is 5.42. The van der Waals surface area contributed by atoms with E-state index in [-0.39, 0.29) is 29.1 Å². The number of aliphatic hydroxyl groups excluding tert-OH is 1. The molecule has 6 atom stereocenters. The maximum absolute atomic E-state index is 12.4. The van der Waals surface area contributed by atoms with Gasteiger partial charge in [-0.1, -0.05) is 32.8 Å². The molecule has 4 nitrogen and oxygen atoms in total. The molecule has 2 heterocycles. The van der Waals surface area contributed by atoms with Gasteiger partial charge in [0.2, 0.25) is 6.29 Å². The van der Waals surface area contributed by atoms with Gasteiger partial charge >= 0.3 is 5.97 Å². The molecule has 4 heteroatoms. The number of esters is 1. The summed E-state index contributed by atoms with van der Waals surface area (Å²) in [5.74, 6) is -0.278. The lowest BCUT2D eigenvalue weighted by Gasteiger charge is -2.49. The molecular formula is C20H30O4. The molecule has 24 heavy (non-hydrogen) atoms. The van der Waals surface area contributed by atoms with Crippen LogP contribution in [0, 0.1) is 28.6 Å². The van der Waals surface area contributed by atoms with Crippen LogP contribution < -0.4 is 0 Å². The Morgan fingerprint density at radius 2 is 1.96 bits per heavy atom. The minimum Gasteiger partial charge on any atom is -0.435 e. The Balaban J connectivity index is 1.80. The van der Waals surface area contributed by atoms with Gasteiger partial charge in [-0.15, -0.1) is 0 Å². The van der Waals surface area contributed by atoms with Crippen molar-refractivity contribution in [2.24, 2.45) is 28.6 Å². The van der Waals surface area contributed by atoms with Crippen molar-refractivity contribution < 1.29 is 19.4 Å². The Morgan fingerprint density at radius 3 is 2.67 bits per heavy atom. The zero-order valence-corrected chi connectivity index (χ0v) is 15.3. The molecule has 6 unspecified atom stereocenters. The molecular weight excluding hydrogens is 304 g/mol. The number of hydrogen-bond donors (Lipinski definition) is 1. The number of ether oxygens (including phenoxy) is 2. The predicted octanol–water partition coefficient (Wildman–Crippen LogP) is 3.78. The maximum Gasteiger partial charge on any atom is 0.315 e. The van der Waals surface area contributed by atoms with E-state index in [1.807, 2.05) is 6.92 Å². The highest BCUT2D eigenvalue weighted by Crippen LogP contribution is 2.58. The van der Waals surface area contributed by atoms with E-state index in [9.17, 15) is 9.90 Å². The van der Waals surface area contributed by atoms with Crippen molar-refractivity contribution in [1.82, 2.24) is 0 Å². The third kappa shape index (κ3) is 2.37. The van der Waals surface area contributed by atoms with Crippen LogP contribution in [0.25, 0.3) is 0 Å². The van der Waals surface area contributed by atoms with Gasteiger partial charge in [0.05, 0.1) is 11.8 Å². The van der Waals surface area contributed by atoms with Crippen LogP contribution in [0.2, 0.25) is 0 Å². The van der Waals surface area contributed by atoms with Crippen LogP contribution in [0.1, 0.15) is 66.2 Å². The van der Waals surface area contributed by atoms with Gasteiger partial charge < -0.3 is 14.6 Å². The average Bonchev–Trinajstić information content (AvgIpc) is 2.80. The van der Waals surface area contributed by atoms with Gasteiger partial charge in [0.25, 0.3) is 0 Å². The number of allylic oxidation sites excluding steroid dienone is 1. The molecule has 4 aliphatic rings. The Bertz CT molecular complexity index is 592. The van der Waals surface area contributed by atoms with Gasteiger partial charge in [-0.25, -0.2) is 0 Å². The molecule has 2 aliphatic heterocycles. The summed E-state index contributed by atoms with van der Waals surface area (Å²) in [5.41, 5.74) is 3.22. The molecule has 0 amide bonds. The van der Waals surface area contributed by atoms with E-state index in [4.69, 9.17) is 9.47 Å². The summed E-state index contributed by atoms with van der Waals surface area (Å²) in [5, 5.41) is 10.3. The zero-order valence-electron chi connectivity index (χ0n) is 15.3. The summed E-state index contributed by atoms with van der Waals surface area (Å²) in [7, 11) is 0. The topological polar surface area (TPSA) is 55.8 Å². The molecule has 3 fully saturated rings. The first-order chi connectivity index (χ1) is 11.2. The average molecular weight is 334 g/mol. The molecule has 2 aliphatic carbocycles. The molecule has 0 spiro atoms. The van der Waals surface area contributed by atoms with Crippen molar-refractivity contribution in [3.05, 3.63) is 11.1 Å². The Hall–Kier alpha value is -0.870. The fraction of sp³-hybridized carbons (Fsp3) is 0.850. The second-order valence-corrected chi connectivity index (χ2v) is 9.47. The van der Waals surface area contributed by atoms with Crippen LogP contribution in [0.5, 0.6) is 0 Å². The highest BCUT2D eigenvalue weighted by atomic mass is 16.7. The summed E-state index contributed by atoms with van der Waals surface area (Å²) in [6.45, 7) is 9.10. The number of carbonyl (C=O) groups is 1. The van der Waals surface area contributed by atoms with E-state index in [1.54, 1.807) is 0 Å². The van der Waals surface area contributed by atoms with Crippen LogP contribution in [0.4, 0.5) is 0 Å². The van der Waals surface area contributed by atoms with Gasteiger partial charge in [-0.2, -0.15) is 0 Å².